The summed E-state index contributed by atoms with van der Waals surface area (Å²) in [4.78, 5) is 18.6. The summed E-state index contributed by atoms with van der Waals surface area (Å²) in [6, 6.07) is 6.23. The molecular formula is C44H68N10. The number of fused-ring (bicyclic) bond motifs is 1. The number of benzene rings is 1. The zero-order valence-corrected chi connectivity index (χ0v) is 33.6. The van der Waals surface area contributed by atoms with Crippen LogP contribution in [0.2, 0.25) is 0 Å². The number of anilines is 1. The Morgan fingerprint density at radius 3 is 2.11 bits per heavy atom. The van der Waals surface area contributed by atoms with Crippen LogP contribution in [-0.4, -0.2) is 69.8 Å². The van der Waals surface area contributed by atoms with E-state index in [0.29, 0.717) is 12.3 Å². The van der Waals surface area contributed by atoms with Crippen molar-refractivity contribution in [3.05, 3.63) is 64.6 Å². The second kappa shape index (κ2) is 21.6. The third-order valence-corrected chi connectivity index (χ3v) is 11.1. The fraction of sp³-hybridized carbons (Fsp3) is 0.591. The molecule has 0 radical (unpaired) electrons. The van der Waals surface area contributed by atoms with Crippen LogP contribution in [0, 0.1) is 0 Å². The lowest BCUT2D eigenvalue weighted by Gasteiger charge is -2.34. The van der Waals surface area contributed by atoms with Crippen molar-refractivity contribution in [1.29, 1.82) is 0 Å². The van der Waals surface area contributed by atoms with E-state index in [9.17, 15) is 0 Å². The van der Waals surface area contributed by atoms with Gasteiger partial charge in [-0.3, -0.25) is 9.58 Å². The lowest BCUT2D eigenvalue weighted by Crippen LogP contribution is -2.47. The van der Waals surface area contributed by atoms with Gasteiger partial charge < -0.3 is 21.7 Å². The first-order valence-corrected chi connectivity index (χ1v) is 21.0. The Hall–Kier alpha value is -4.18. The molecule has 2 aliphatic rings. The Balaban J connectivity index is 0.815. The molecule has 0 aliphatic carbocycles. The molecule has 0 spiro atoms. The van der Waals surface area contributed by atoms with Crippen molar-refractivity contribution >= 4 is 29.7 Å². The zero-order chi connectivity index (χ0) is 38.1. The maximum atomic E-state index is 6.31. The van der Waals surface area contributed by atoms with E-state index in [0.717, 1.165) is 115 Å². The minimum atomic E-state index is 0.653. The van der Waals surface area contributed by atoms with Crippen molar-refractivity contribution in [1.82, 2.24) is 30.0 Å². The monoisotopic (exact) mass is 737 g/mol. The number of rotatable bonds is 24. The highest BCUT2D eigenvalue weighted by Crippen LogP contribution is 2.29. The van der Waals surface area contributed by atoms with E-state index >= 15 is 0 Å². The van der Waals surface area contributed by atoms with E-state index in [2.05, 4.69) is 68.4 Å². The highest BCUT2D eigenvalue weighted by atomic mass is 15.3. The maximum absolute atomic E-state index is 6.31. The van der Waals surface area contributed by atoms with Crippen LogP contribution in [0.4, 0.5) is 11.6 Å². The number of amidine groups is 1. The molecule has 1 saturated heterocycles. The number of aliphatic imine (C=N–C) groups is 1. The summed E-state index contributed by atoms with van der Waals surface area (Å²) in [7, 11) is 0. The topological polar surface area (TPSA) is 127 Å². The first-order chi connectivity index (χ1) is 26.3. The minimum absolute atomic E-state index is 0.653. The third kappa shape index (κ3) is 12.4. The summed E-state index contributed by atoms with van der Waals surface area (Å²) in [5.41, 5.74) is 19.3. The number of hydrogen-bond acceptors (Lipinski definition) is 9. The highest BCUT2D eigenvalue weighted by Gasteiger charge is 2.19. The Morgan fingerprint density at radius 1 is 0.833 bits per heavy atom. The number of aryl methyl sites for hydroxylation is 2. The quantitative estimate of drug-likeness (QED) is 0.0866. The number of piperazine rings is 1. The molecule has 1 fully saturated rings. The lowest BCUT2D eigenvalue weighted by molar-refractivity contribution is 0.250. The van der Waals surface area contributed by atoms with E-state index in [4.69, 9.17) is 16.6 Å². The summed E-state index contributed by atoms with van der Waals surface area (Å²) in [5.74, 6) is 1.54. The van der Waals surface area contributed by atoms with Gasteiger partial charge in [-0.1, -0.05) is 96.4 Å². The molecule has 5 N–H and O–H groups in total. The molecule has 2 aliphatic heterocycles. The number of unbranched alkanes of at least 4 members (excludes halogenated alkanes) is 12. The summed E-state index contributed by atoms with van der Waals surface area (Å²) >= 11 is 0. The number of nitrogens with two attached hydrogens (primary N) is 2. The Kier molecular flexibility index (Phi) is 16.4. The van der Waals surface area contributed by atoms with Crippen molar-refractivity contribution in [2.24, 2.45) is 16.5 Å². The zero-order valence-electron chi connectivity index (χ0n) is 33.6. The van der Waals surface area contributed by atoms with Gasteiger partial charge in [0.2, 0.25) is 5.95 Å². The van der Waals surface area contributed by atoms with E-state index in [1.807, 2.05) is 24.0 Å². The standard InChI is InChI=1S/C44H68N10/c1-5-37-32-48-44(49-33-37)53-28-26-52(27-29-53)24-18-15-13-11-9-7-6-8-10-12-14-16-20-34(2)47-23-17-19-25-54-36(4)42(35(3)45)43(51-54)39-22-21-38-31-41(46)50-40(38)30-39/h21-22,30,32-33,47H,2,4-20,23-29,31,45H2,1,3H3,(H2,46,50)/b42-35-. The molecule has 2 aromatic heterocycles. The van der Waals surface area contributed by atoms with Crippen LogP contribution in [0.1, 0.15) is 121 Å². The number of nitrogens with one attached hydrogen (secondary N) is 1. The maximum Gasteiger partial charge on any atom is 0.225 e. The largest absolute Gasteiger partial charge is 0.402 e. The normalized spacial score (nSPS) is 15.0. The van der Waals surface area contributed by atoms with E-state index in [-0.39, 0.29) is 0 Å². The molecule has 294 valence electrons. The molecule has 0 saturated carbocycles. The molecule has 3 aromatic rings. The van der Waals surface area contributed by atoms with Crippen LogP contribution in [-0.2, 0) is 19.4 Å². The van der Waals surface area contributed by atoms with Gasteiger partial charge in [-0.25, -0.2) is 15.0 Å². The van der Waals surface area contributed by atoms with Gasteiger partial charge in [0.05, 0.1) is 11.0 Å². The lowest BCUT2D eigenvalue weighted by atomic mass is 10.0. The molecular weight excluding hydrogens is 669 g/mol. The Morgan fingerprint density at radius 2 is 1.46 bits per heavy atom. The van der Waals surface area contributed by atoms with Crippen molar-refractivity contribution < 1.29 is 0 Å². The number of hydrogen-bond donors (Lipinski definition) is 3. The average molecular weight is 737 g/mol. The highest BCUT2D eigenvalue weighted by molar-refractivity contribution is 5.91. The average Bonchev–Trinajstić information content (AvgIpc) is 3.72. The van der Waals surface area contributed by atoms with Crippen LogP contribution >= 0.6 is 0 Å². The van der Waals surface area contributed by atoms with Crippen molar-refractivity contribution in [3.8, 4) is 11.3 Å². The molecule has 4 heterocycles. The van der Waals surface area contributed by atoms with Gasteiger partial charge >= 0.3 is 0 Å². The first kappa shape index (κ1) is 41.0. The predicted molar refractivity (Wildman–Crippen MR) is 227 cm³/mol. The number of allylic oxidation sites excluding steroid dienone is 1. The van der Waals surface area contributed by atoms with Gasteiger partial charge in [-0.2, -0.15) is 5.10 Å². The Labute approximate surface area is 324 Å². The van der Waals surface area contributed by atoms with E-state index in [1.54, 1.807) is 0 Å². The minimum Gasteiger partial charge on any atom is -0.402 e. The summed E-state index contributed by atoms with van der Waals surface area (Å²) < 4.78 is 2.00. The van der Waals surface area contributed by atoms with Crippen LogP contribution in [0.25, 0.3) is 23.5 Å². The number of aromatic nitrogens is 4. The van der Waals surface area contributed by atoms with Crippen LogP contribution in [0.5, 0.6) is 0 Å². The molecule has 54 heavy (non-hydrogen) atoms. The van der Waals surface area contributed by atoms with Gasteiger partial charge in [0.1, 0.15) is 11.5 Å². The molecule has 5 rings (SSSR count). The second-order valence-corrected chi connectivity index (χ2v) is 15.5. The first-order valence-electron chi connectivity index (χ1n) is 21.0. The summed E-state index contributed by atoms with van der Waals surface area (Å²) in [5, 5.41) is 10.3. The summed E-state index contributed by atoms with van der Waals surface area (Å²) in [6.07, 6.45) is 25.0. The summed E-state index contributed by atoms with van der Waals surface area (Å²) in [6.45, 7) is 20.0. The SMILES string of the molecule is C=C(CCCCCCCCCCCCCCN1CCN(c2ncc(CC)cn2)CC1)NCCCCn1nc(-c2ccc3c(c2)N=C(N)C3)/c(=C(/C)N)c1=C. The van der Waals surface area contributed by atoms with Crippen LogP contribution in [0.15, 0.2) is 47.9 Å². The van der Waals surface area contributed by atoms with Crippen LogP contribution in [0.3, 0.4) is 0 Å². The van der Waals surface area contributed by atoms with Crippen molar-refractivity contribution in [2.75, 3.05) is 44.2 Å². The van der Waals surface area contributed by atoms with E-state index in [1.165, 1.54) is 89.2 Å². The van der Waals surface area contributed by atoms with Gasteiger partial charge in [-0.15, -0.1) is 0 Å². The van der Waals surface area contributed by atoms with Gasteiger partial charge in [0.25, 0.3) is 0 Å². The molecule has 0 bridgehead atoms. The Bertz CT molecular complexity index is 1750. The van der Waals surface area contributed by atoms with Gasteiger partial charge in [0, 0.05) is 80.3 Å². The fourth-order valence-electron chi connectivity index (χ4n) is 7.70. The smallest absolute Gasteiger partial charge is 0.225 e. The van der Waals surface area contributed by atoms with Crippen molar-refractivity contribution in [3.63, 3.8) is 0 Å². The predicted octanol–water partition coefficient (Wildman–Crippen LogP) is 6.72. The second-order valence-electron chi connectivity index (χ2n) is 15.5. The fourth-order valence-corrected chi connectivity index (χ4v) is 7.70. The van der Waals surface area contributed by atoms with Crippen molar-refractivity contribution in [2.45, 2.75) is 130 Å². The molecule has 0 amide bonds. The van der Waals surface area contributed by atoms with Gasteiger partial charge in [0.15, 0.2) is 0 Å². The van der Waals surface area contributed by atoms with Gasteiger partial charge in [-0.05, 0) is 69.2 Å². The molecule has 1 aromatic carbocycles. The number of nitrogens with zero attached hydrogens (tertiary/aromatic N) is 7. The molecule has 0 atom stereocenters. The third-order valence-electron chi connectivity index (χ3n) is 11.1. The molecule has 10 heteroatoms. The van der Waals surface area contributed by atoms with E-state index < -0.39 is 0 Å². The molecule has 0 unspecified atom stereocenters. The van der Waals surface area contributed by atoms with Crippen LogP contribution < -0.4 is 32.3 Å². The molecule has 10 nitrogen and oxygen atoms in total.